The van der Waals surface area contributed by atoms with Crippen molar-refractivity contribution in [3.63, 3.8) is 0 Å². The number of amides is 3. The predicted octanol–water partition coefficient (Wildman–Crippen LogP) is 1.52. The molecule has 1 N–H and O–H groups in total. The van der Waals surface area contributed by atoms with Crippen molar-refractivity contribution in [3.8, 4) is 0 Å². The maximum Gasteiger partial charge on any atom is 0.251 e. The van der Waals surface area contributed by atoms with Gasteiger partial charge in [-0.2, -0.15) is 0 Å². The average molecular weight is 345 g/mol. The fourth-order valence-corrected chi connectivity index (χ4v) is 2.94. The van der Waals surface area contributed by atoms with Gasteiger partial charge in [-0.15, -0.1) is 0 Å². The first-order chi connectivity index (χ1) is 11.9. The van der Waals surface area contributed by atoms with Crippen LogP contribution in [0, 0.1) is 5.92 Å². The summed E-state index contributed by atoms with van der Waals surface area (Å²) in [7, 11) is 0. The van der Waals surface area contributed by atoms with Gasteiger partial charge >= 0.3 is 0 Å². The van der Waals surface area contributed by atoms with Gasteiger partial charge in [-0.25, -0.2) is 0 Å². The minimum Gasteiger partial charge on any atom is -0.340 e. The van der Waals surface area contributed by atoms with Gasteiger partial charge in [-0.05, 0) is 18.1 Å². The Labute approximate surface area is 149 Å². The number of nitrogens with one attached hydrogen (secondary N) is 1. The second-order valence-electron chi connectivity index (χ2n) is 6.53. The molecule has 1 aliphatic heterocycles. The first-order valence-corrected chi connectivity index (χ1v) is 8.84. The van der Waals surface area contributed by atoms with Gasteiger partial charge in [0.05, 0.1) is 0 Å². The summed E-state index contributed by atoms with van der Waals surface area (Å²) in [5.41, 5.74) is 0.546. The first-order valence-electron chi connectivity index (χ1n) is 8.84. The van der Waals surface area contributed by atoms with E-state index in [2.05, 4.69) is 5.32 Å². The summed E-state index contributed by atoms with van der Waals surface area (Å²) in [6, 6.07) is 8.37. The quantitative estimate of drug-likeness (QED) is 0.880. The van der Waals surface area contributed by atoms with Crippen LogP contribution in [0.5, 0.6) is 0 Å². The second kappa shape index (κ2) is 8.65. The molecule has 1 fully saturated rings. The molecule has 2 rings (SSSR count). The van der Waals surface area contributed by atoms with Crippen molar-refractivity contribution >= 4 is 17.7 Å². The molecule has 1 aromatic rings. The zero-order chi connectivity index (χ0) is 18.4. The Morgan fingerprint density at radius 3 is 2.12 bits per heavy atom. The van der Waals surface area contributed by atoms with Crippen LogP contribution >= 0.6 is 0 Å². The van der Waals surface area contributed by atoms with Crippen LogP contribution in [-0.2, 0) is 9.59 Å². The van der Waals surface area contributed by atoms with Crippen LogP contribution in [0.3, 0.4) is 0 Å². The average Bonchev–Trinajstić information content (AvgIpc) is 2.65. The van der Waals surface area contributed by atoms with Crippen molar-refractivity contribution in [2.75, 3.05) is 26.2 Å². The number of hydrogen-bond acceptors (Lipinski definition) is 3. The van der Waals surface area contributed by atoms with E-state index in [-0.39, 0.29) is 23.6 Å². The molecule has 2 atom stereocenters. The van der Waals surface area contributed by atoms with E-state index in [9.17, 15) is 14.4 Å². The highest BCUT2D eigenvalue weighted by Crippen LogP contribution is 2.14. The molecule has 0 saturated carbocycles. The number of piperazine rings is 1. The van der Waals surface area contributed by atoms with Gasteiger partial charge in [0.1, 0.15) is 6.04 Å². The first kappa shape index (κ1) is 19.0. The van der Waals surface area contributed by atoms with Gasteiger partial charge < -0.3 is 15.1 Å². The fourth-order valence-electron chi connectivity index (χ4n) is 2.94. The molecular weight excluding hydrogens is 318 g/mol. The molecule has 0 aromatic heterocycles. The summed E-state index contributed by atoms with van der Waals surface area (Å²) < 4.78 is 0. The molecule has 0 spiro atoms. The molecule has 1 aliphatic rings. The molecule has 1 aromatic carbocycles. The Balaban J connectivity index is 2.05. The van der Waals surface area contributed by atoms with Gasteiger partial charge in [0.2, 0.25) is 11.8 Å². The maximum absolute atomic E-state index is 12.9. The van der Waals surface area contributed by atoms with Gasteiger partial charge in [-0.1, -0.05) is 38.5 Å². The summed E-state index contributed by atoms with van der Waals surface area (Å²) in [5.74, 6) is -0.239. The summed E-state index contributed by atoms with van der Waals surface area (Å²) in [5, 5.41) is 2.90. The minimum atomic E-state index is -0.554. The number of carbonyl (C=O) groups excluding carboxylic acids is 3. The van der Waals surface area contributed by atoms with E-state index in [0.29, 0.717) is 31.7 Å². The number of carbonyl (C=O) groups is 3. The Kier molecular flexibility index (Phi) is 6.56. The number of nitrogens with zero attached hydrogens (tertiary/aromatic N) is 2. The zero-order valence-electron chi connectivity index (χ0n) is 15.2. The second-order valence-corrected chi connectivity index (χ2v) is 6.53. The van der Waals surface area contributed by atoms with Crippen LogP contribution in [0.25, 0.3) is 0 Å². The van der Waals surface area contributed by atoms with Crippen molar-refractivity contribution in [2.45, 2.75) is 33.2 Å². The highest BCUT2D eigenvalue weighted by molar-refractivity contribution is 5.97. The van der Waals surface area contributed by atoms with E-state index in [1.807, 2.05) is 19.9 Å². The van der Waals surface area contributed by atoms with E-state index in [1.165, 1.54) is 0 Å². The molecule has 1 heterocycles. The predicted molar refractivity (Wildman–Crippen MR) is 96.0 cm³/mol. The molecule has 1 saturated heterocycles. The Morgan fingerprint density at radius 1 is 1.04 bits per heavy atom. The summed E-state index contributed by atoms with van der Waals surface area (Å²) in [6.07, 6.45) is 0.791. The lowest BCUT2D eigenvalue weighted by Gasteiger charge is -2.37. The number of hydrogen-bond donors (Lipinski definition) is 1. The van der Waals surface area contributed by atoms with Crippen molar-refractivity contribution in [1.29, 1.82) is 0 Å². The molecule has 3 amide bonds. The monoisotopic (exact) mass is 345 g/mol. The van der Waals surface area contributed by atoms with Gasteiger partial charge in [0.25, 0.3) is 5.91 Å². The molecule has 0 bridgehead atoms. The Bertz CT molecular complexity index is 610. The van der Waals surface area contributed by atoms with Crippen LogP contribution < -0.4 is 5.32 Å². The van der Waals surface area contributed by atoms with E-state index in [4.69, 9.17) is 0 Å². The molecule has 6 nitrogen and oxygen atoms in total. The topological polar surface area (TPSA) is 69.7 Å². The maximum atomic E-state index is 12.9. The zero-order valence-corrected chi connectivity index (χ0v) is 15.2. The summed E-state index contributed by atoms with van der Waals surface area (Å²) in [6.45, 7) is 7.62. The third-order valence-electron chi connectivity index (χ3n) is 4.84. The number of benzene rings is 1. The van der Waals surface area contributed by atoms with Gasteiger partial charge in [0.15, 0.2) is 0 Å². The van der Waals surface area contributed by atoms with E-state index < -0.39 is 6.04 Å². The minimum absolute atomic E-state index is 0.0305. The lowest BCUT2D eigenvalue weighted by atomic mass is 9.97. The molecule has 6 heteroatoms. The van der Waals surface area contributed by atoms with Crippen LogP contribution in [0.4, 0.5) is 0 Å². The Morgan fingerprint density at radius 2 is 1.60 bits per heavy atom. The molecule has 0 radical (unpaired) electrons. The van der Waals surface area contributed by atoms with E-state index in [1.54, 1.807) is 41.0 Å². The third kappa shape index (κ3) is 4.81. The number of rotatable bonds is 5. The molecule has 0 unspecified atom stereocenters. The van der Waals surface area contributed by atoms with Crippen LogP contribution in [0.2, 0.25) is 0 Å². The highest BCUT2D eigenvalue weighted by atomic mass is 16.2. The Hall–Kier alpha value is -2.37. The summed E-state index contributed by atoms with van der Waals surface area (Å²) in [4.78, 5) is 40.3. The molecule has 25 heavy (non-hydrogen) atoms. The van der Waals surface area contributed by atoms with Crippen LogP contribution in [-0.4, -0.2) is 59.7 Å². The standard InChI is InChI=1S/C19H27N3O3/c1-4-14(2)17(20-18(24)16-8-6-5-7-9-16)19(25)22-12-10-21(11-13-22)15(3)23/h5-9,14,17H,4,10-13H2,1-3H3,(H,20,24)/t14-,17+/m0/s1. The summed E-state index contributed by atoms with van der Waals surface area (Å²) >= 11 is 0. The lowest BCUT2D eigenvalue weighted by Crippen LogP contribution is -2.57. The lowest BCUT2D eigenvalue weighted by molar-refractivity contribution is -0.140. The van der Waals surface area contributed by atoms with Crippen LogP contribution in [0.1, 0.15) is 37.6 Å². The fraction of sp³-hybridized carbons (Fsp3) is 0.526. The largest absolute Gasteiger partial charge is 0.340 e. The third-order valence-corrected chi connectivity index (χ3v) is 4.84. The van der Waals surface area contributed by atoms with Gasteiger partial charge in [-0.3, -0.25) is 14.4 Å². The van der Waals surface area contributed by atoms with Crippen molar-refractivity contribution < 1.29 is 14.4 Å². The molecule has 136 valence electrons. The van der Waals surface area contributed by atoms with E-state index in [0.717, 1.165) is 6.42 Å². The highest BCUT2D eigenvalue weighted by Gasteiger charge is 2.32. The molecular formula is C19H27N3O3. The van der Waals surface area contributed by atoms with Crippen molar-refractivity contribution in [1.82, 2.24) is 15.1 Å². The SMILES string of the molecule is CC[C@H](C)[C@@H](NC(=O)c1ccccc1)C(=O)N1CCN(C(C)=O)CC1. The van der Waals surface area contributed by atoms with E-state index >= 15 is 0 Å². The van der Waals surface area contributed by atoms with Crippen molar-refractivity contribution in [2.24, 2.45) is 5.92 Å². The van der Waals surface area contributed by atoms with Crippen LogP contribution in [0.15, 0.2) is 30.3 Å². The van der Waals surface area contributed by atoms with Crippen molar-refractivity contribution in [3.05, 3.63) is 35.9 Å². The normalized spacial score (nSPS) is 16.9. The molecule has 0 aliphatic carbocycles. The van der Waals surface area contributed by atoms with Gasteiger partial charge in [0, 0.05) is 38.7 Å². The smallest absolute Gasteiger partial charge is 0.251 e.